The first kappa shape index (κ1) is 13.7. The number of hydrogen-bond donors (Lipinski definition) is 1. The van der Waals surface area contributed by atoms with Gasteiger partial charge in [0.2, 0.25) is 0 Å². The summed E-state index contributed by atoms with van der Waals surface area (Å²) in [5.74, 6) is -0.785. The number of hydrogen-bond acceptors (Lipinski definition) is 4. The van der Waals surface area contributed by atoms with Gasteiger partial charge in [-0.25, -0.2) is 4.98 Å². The zero-order chi connectivity index (χ0) is 12.8. The molecule has 0 unspecified atom stereocenters. The Morgan fingerprint density at radius 3 is 2.76 bits per heavy atom. The molecule has 17 heavy (non-hydrogen) atoms. The number of amides is 1. The number of nitrogens with one attached hydrogen (secondary N) is 1. The van der Waals surface area contributed by atoms with E-state index in [-0.39, 0.29) is 23.9 Å². The molecule has 92 valence electrons. The van der Waals surface area contributed by atoms with Crippen LogP contribution in [-0.4, -0.2) is 23.5 Å². The second-order valence-corrected chi connectivity index (χ2v) is 3.89. The summed E-state index contributed by atoms with van der Waals surface area (Å²) in [5, 5.41) is 2.98. The highest BCUT2D eigenvalue weighted by atomic mass is 35.5. The number of nitrogens with zero attached hydrogens (tertiary/aromatic N) is 1. The fourth-order valence-electron chi connectivity index (χ4n) is 0.923. The van der Waals surface area contributed by atoms with Crippen LogP contribution < -0.4 is 5.32 Å². The minimum atomic E-state index is -0.511. The Balaban J connectivity index is 2.53. The summed E-state index contributed by atoms with van der Waals surface area (Å²) in [6.45, 7) is 1.27. The summed E-state index contributed by atoms with van der Waals surface area (Å²) >= 11 is 11.4. The maximum Gasteiger partial charge on any atom is 0.306 e. The van der Waals surface area contributed by atoms with Crippen molar-refractivity contribution in [2.45, 2.75) is 13.3 Å². The zero-order valence-electron chi connectivity index (χ0n) is 9.00. The van der Waals surface area contributed by atoms with Crippen molar-refractivity contribution >= 4 is 40.9 Å². The number of halogens is 2. The maximum atomic E-state index is 11.4. The van der Waals surface area contributed by atoms with E-state index < -0.39 is 11.9 Å². The van der Waals surface area contributed by atoms with Gasteiger partial charge < -0.3 is 10.1 Å². The zero-order valence-corrected chi connectivity index (χ0v) is 10.5. The normalized spacial score (nSPS) is 9.82. The predicted octanol–water partition coefficient (Wildman–Crippen LogP) is 2.28. The molecule has 0 bridgehead atoms. The maximum absolute atomic E-state index is 11.4. The molecule has 1 rings (SSSR count). The first-order valence-corrected chi connectivity index (χ1v) is 5.55. The molecule has 0 saturated heterocycles. The van der Waals surface area contributed by atoms with Gasteiger partial charge in [0.1, 0.15) is 0 Å². The minimum absolute atomic E-state index is 0.175. The van der Waals surface area contributed by atoms with Gasteiger partial charge in [0.25, 0.3) is 5.91 Å². The SMILES string of the molecule is CCC(=O)OCC(=O)Nc1ncc(Cl)cc1Cl. The lowest BCUT2D eigenvalue weighted by Crippen LogP contribution is -2.21. The highest BCUT2D eigenvalue weighted by Crippen LogP contribution is 2.22. The van der Waals surface area contributed by atoms with Crippen LogP contribution in [0.5, 0.6) is 0 Å². The van der Waals surface area contributed by atoms with E-state index in [2.05, 4.69) is 15.0 Å². The predicted molar refractivity (Wildman–Crippen MR) is 64.1 cm³/mol. The summed E-state index contributed by atoms with van der Waals surface area (Å²) in [6.07, 6.45) is 1.56. The third-order valence-electron chi connectivity index (χ3n) is 1.72. The molecule has 5 nitrogen and oxygen atoms in total. The molecule has 0 aromatic carbocycles. The topological polar surface area (TPSA) is 68.3 Å². The molecule has 1 N–H and O–H groups in total. The highest BCUT2D eigenvalue weighted by Gasteiger charge is 2.09. The smallest absolute Gasteiger partial charge is 0.306 e. The number of rotatable bonds is 4. The van der Waals surface area contributed by atoms with Crippen LogP contribution in [0.3, 0.4) is 0 Å². The molecule has 0 radical (unpaired) electrons. The van der Waals surface area contributed by atoms with Gasteiger partial charge >= 0.3 is 5.97 Å². The van der Waals surface area contributed by atoms with Crippen molar-refractivity contribution in [1.82, 2.24) is 4.98 Å². The summed E-state index contributed by atoms with van der Waals surface area (Å²) in [7, 11) is 0. The standard InChI is InChI=1S/C10H10Cl2N2O3/c1-2-9(16)17-5-8(15)14-10-7(12)3-6(11)4-13-10/h3-4H,2,5H2,1H3,(H,13,14,15). The second kappa shape index (κ2) is 6.42. The van der Waals surface area contributed by atoms with Crippen LogP contribution in [-0.2, 0) is 14.3 Å². The van der Waals surface area contributed by atoms with Crippen LogP contribution in [0.15, 0.2) is 12.3 Å². The Labute approximate surface area is 108 Å². The third-order valence-corrected chi connectivity index (χ3v) is 2.21. The molecule has 0 atom stereocenters. The number of carbonyl (C=O) groups is 2. The average Bonchev–Trinajstić information content (AvgIpc) is 2.29. The Morgan fingerprint density at radius 2 is 2.18 bits per heavy atom. The quantitative estimate of drug-likeness (QED) is 0.857. The van der Waals surface area contributed by atoms with Crippen LogP contribution in [0.25, 0.3) is 0 Å². The first-order chi connectivity index (χ1) is 8.02. The molecule has 0 aliphatic carbocycles. The molecule has 0 spiro atoms. The third kappa shape index (κ3) is 4.58. The number of anilines is 1. The van der Waals surface area contributed by atoms with Gasteiger partial charge in [-0.3, -0.25) is 9.59 Å². The van der Waals surface area contributed by atoms with Crippen LogP contribution >= 0.6 is 23.2 Å². The molecular formula is C10H10Cl2N2O3. The molecule has 0 aliphatic heterocycles. The van der Waals surface area contributed by atoms with E-state index in [4.69, 9.17) is 23.2 Å². The lowest BCUT2D eigenvalue weighted by atomic mass is 10.4. The van der Waals surface area contributed by atoms with Crippen molar-refractivity contribution in [3.63, 3.8) is 0 Å². The van der Waals surface area contributed by atoms with Crippen molar-refractivity contribution in [2.24, 2.45) is 0 Å². The lowest BCUT2D eigenvalue weighted by Gasteiger charge is -2.06. The number of pyridine rings is 1. The number of aromatic nitrogens is 1. The van der Waals surface area contributed by atoms with Crippen LogP contribution in [0.1, 0.15) is 13.3 Å². The number of carbonyl (C=O) groups excluding carboxylic acids is 2. The molecular weight excluding hydrogens is 267 g/mol. The largest absolute Gasteiger partial charge is 0.456 e. The molecule has 1 amide bonds. The van der Waals surface area contributed by atoms with E-state index in [9.17, 15) is 9.59 Å². The van der Waals surface area contributed by atoms with Gasteiger partial charge in [-0.15, -0.1) is 0 Å². The van der Waals surface area contributed by atoms with E-state index in [1.165, 1.54) is 12.3 Å². The van der Waals surface area contributed by atoms with Crippen molar-refractivity contribution in [3.8, 4) is 0 Å². The molecule has 0 fully saturated rings. The van der Waals surface area contributed by atoms with E-state index in [0.717, 1.165) is 0 Å². The molecule has 1 aromatic heterocycles. The molecule has 7 heteroatoms. The summed E-state index contributed by atoms with van der Waals surface area (Å²) in [6, 6.07) is 1.45. The Morgan fingerprint density at radius 1 is 1.47 bits per heavy atom. The van der Waals surface area contributed by atoms with Gasteiger partial charge in [-0.1, -0.05) is 30.1 Å². The van der Waals surface area contributed by atoms with E-state index in [1.54, 1.807) is 6.92 Å². The molecule has 1 aromatic rings. The summed E-state index contributed by atoms with van der Waals surface area (Å²) in [5.41, 5.74) is 0. The van der Waals surface area contributed by atoms with Crippen LogP contribution in [0.2, 0.25) is 10.0 Å². The van der Waals surface area contributed by atoms with Gasteiger partial charge in [0, 0.05) is 12.6 Å². The average molecular weight is 277 g/mol. The fourth-order valence-corrected chi connectivity index (χ4v) is 1.35. The Kier molecular flexibility index (Phi) is 5.18. The Hall–Kier alpha value is -1.33. The van der Waals surface area contributed by atoms with Gasteiger partial charge in [-0.05, 0) is 6.07 Å². The van der Waals surface area contributed by atoms with Gasteiger partial charge in [0.15, 0.2) is 12.4 Å². The van der Waals surface area contributed by atoms with Crippen molar-refractivity contribution < 1.29 is 14.3 Å². The number of esters is 1. The summed E-state index contributed by atoms with van der Waals surface area (Å²) in [4.78, 5) is 26.0. The molecule has 0 saturated carbocycles. The van der Waals surface area contributed by atoms with Crippen molar-refractivity contribution in [2.75, 3.05) is 11.9 Å². The molecule has 1 heterocycles. The van der Waals surface area contributed by atoms with E-state index in [1.807, 2.05) is 0 Å². The first-order valence-electron chi connectivity index (χ1n) is 4.79. The Bertz CT molecular complexity index is 438. The van der Waals surface area contributed by atoms with Crippen LogP contribution in [0, 0.1) is 0 Å². The van der Waals surface area contributed by atoms with Gasteiger partial charge in [-0.2, -0.15) is 0 Å². The number of ether oxygens (including phenoxy) is 1. The minimum Gasteiger partial charge on any atom is -0.456 e. The van der Waals surface area contributed by atoms with Crippen molar-refractivity contribution in [3.05, 3.63) is 22.3 Å². The lowest BCUT2D eigenvalue weighted by molar-refractivity contribution is -0.146. The highest BCUT2D eigenvalue weighted by molar-refractivity contribution is 6.36. The fraction of sp³-hybridized carbons (Fsp3) is 0.300. The molecule has 0 aliphatic rings. The second-order valence-electron chi connectivity index (χ2n) is 3.05. The van der Waals surface area contributed by atoms with E-state index in [0.29, 0.717) is 5.02 Å². The van der Waals surface area contributed by atoms with E-state index >= 15 is 0 Å². The summed E-state index contributed by atoms with van der Waals surface area (Å²) < 4.78 is 4.64. The monoisotopic (exact) mass is 276 g/mol. The van der Waals surface area contributed by atoms with Crippen molar-refractivity contribution in [1.29, 1.82) is 0 Å². The van der Waals surface area contributed by atoms with Gasteiger partial charge in [0.05, 0.1) is 10.0 Å². The van der Waals surface area contributed by atoms with Crippen LogP contribution in [0.4, 0.5) is 5.82 Å².